The summed E-state index contributed by atoms with van der Waals surface area (Å²) in [5.74, 6) is 0.737. The molecule has 132 valence electrons. The maximum absolute atomic E-state index is 12.7. The fraction of sp³-hybridized carbons (Fsp3) is 0.150. The molecule has 0 saturated carbocycles. The lowest BCUT2D eigenvalue weighted by atomic mass is 10.1. The Kier molecular flexibility index (Phi) is 4.58. The van der Waals surface area contributed by atoms with Crippen molar-refractivity contribution in [1.29, 1.82) is 0 Å². The van der Waals surface area contributed by atoms with Crippen LogP contribution in [-0.4, -0.2) is 35.0 Å². The topological polar surface area (TPSA) is 64.6 Å². The number of amides is 1. The number of carbonyl (C=O) groups excluding carboxylic acids is 1. The van der Waals surface area contributed by atoms with Crippen LogP contribution in [0.15, 0.2) is 55.4 Å². The van der Waals surface area contributed by atoms with Gasteiger partial charge in [-0.25, -0.2) is 9.97 Å². The maximum atomic E-state index is 12.7. The van der Waals surface area contributed by atoms with E-state index in [2.05, 4.69) is 23.1 Å². The molecule has 3 heterocycles. The summed E-state index contributed by atoms with van der Waals surface area (Å²) < 4.78 is 10.5. The van der Waals surface area contributed by atoms with Gasteiger partial charge in [-0.15, -0.1) is 0 Å². The summed E-state index contributed by atoms with van der Waals surface area (Å²) in [4.78, 5) is 23.1. The Morgan fingerprint density at radius 3 is 2.65 bits per heavy atom. The summed E-state index contributed by atoms with van der Waals surface area (Å²) in [5.41, 5.74) is 3.66. The second-order valence-corrected chi connectivity index (χ2v) is 5.53. The highest BCUT2D eigenvalue weighted by Gasteiger charge is 2.34. The van der Waals surface area contributed by atoms with Crippen LogP contribution < -0.4 is 9.47 Å². The van der Waals surface area contributed by atoms with Crippen LogP contribution in [-0.2, 0) is 0 Å². The molecule has 1 aliphatic heterocycles. The first-order valence-corrected chi connectivity index (χ1v) is 7.97. The van der Waals surface area contributed by atoms with Crippen molar-refractivity contribution in [2.45, 2.75) is 6.92 Å². The Balaban J connectivity index is 2.06. The number of aromatic nitrogens is 2. The molecule has 6 nitrogen and oxygen atoms in total. The molecule has 0 radical (unpaired) electrons. The highest BCUT2D eigenvalue weighted by molar-refractivity contribution is 6.09. The lowest BCUT2D eigenvalue weighted by molar-refractivity contribution is 0.0884. The molecule has 6 heteroatoms. The molecule has 0 spiro atoms. The molecule has 2 aromatic heterocycles. The van der Waals surface area contributed by atoms with E-state index in [4.69, 9.17) is 9.47 Å². The Morgan fingerprint density at radius 1 is 1.27 bits per heavy atom. The number of hydrogen-bond donors (Lipinski definition) is 0. The molecule has 0 aliphatic carbocycles. The van der Waals surface area contributed by atoms with Crippen LogP contribution in [0.2, 0.25) is 0 Å². The molecule has 1 aliphatic rings. The minimum Gasteiger partial charge on any atom is -0.491 e. The fourth-order valence-corrected chi connectivity index (χ4v) is 2.84. The third kappa shape index (κ3) is 2.65. The summed E-state index contributed by atoms with van der Waals surface area (Å²) >= 11 is 0. The Morgan fingerprint density at radius 2 is 2.04 bits per heavy atom. The average molecular weight is 349 g/mol. The van der Waals surface area contributed by atoms with E-state index in [0.717, 1.165) is 5.56 Å². The number of carbonyl (C=O) groups is 1. The highest BCUT2D eigenvalue weighted by Crippen LogP contribution is 2.36. The third-order valence-corrected chi connectivity index (χ3v) is 4.16. The smallest absolute Gasteiger partial charge is 0.265 e. The lowest BCUT2D eigenvalue weighted by Crippen LogP contribution is -2.20. The first-order valence-electron chi connectivity index (χ1n) is 7.97. The van der Waals surface area contributed by atoms with Crippen molar-refractivity contribution in [2.75, 3.05) is 14.2 Å². The van der Waals surface area contributed by atoms with Crippen LogP contribution >= 0.6 is 0 Å². The summed E-state index contributed by atoms with van der Waals surface area (Å²) in [6.07, 6.45) is 5.07. The van der Waals surface area contributed by atoms with E-state index in [1.807, 2.05) is 6.92 Å². The van der Waals surface area contributed by atoms with Gasteiger partial charge in [-0.05, 0) is 31.2 Å². The molecule has 0 bridgehead atoms. The second-order valence-electron chi connectivity index (χ2n) is 5.53. The lowest BCUT2D eigenvalue weighted by Gasteiger charge is -2.17. The van der Waals surface area contributed by atoms with Crippen LogP contribution in [0.3, 0.4) is 0 Å². The summed E-state index contributed by atoms with van der Waals surface area (Å²) in [5, 5.41) is 0. The number of allylic oxidation sites excluding steroid dienone is 2. The number of rotatable bonds is 5. The first-order chi connectivity index (χ1) is 12.5. The van der Waals surface area contributed by atoms with Crippen molar-refractivity contribution in [3.63, 3.8) is 0 Å². The number of ether oxygens (including phenoxy) is 2. The van der Waals surface area contributed by atoms with Gasteiger partial charge in [-0.1, -0.05) is 19.2 Å². The predicted molar refractivity (Wildman–Crippen MR) is 99.7 cm³/mol. The molecular weight excluding hydrogens is 330 g/mol. The van der Waals surface area contributed by atoms with Crippen molar-refractivity contribution < 1.29 is 14.3 Å². The Labute approximate surface area is 152 Å². The molecular formula is C20H19N3O3. The monoisotopic (exact) mass is 349 g/mol. The Bertz CT molecular complexity index is 947. The van der Waals surface area contributed by atoms with E-state index in [9.17, 15) is 4.79 Å². The maximum Gasteiger partial charge on any atom is 0.265 e. The first kappa shape index (κ1) is 17.4. The summed E-state index contributed by atoms with van der Waals surface area (Å²) in [6.45, 7) is 9.63. The summed E-state index contributed by atoms with van der Waals surface area (Å²) in [7, 11) is 3.08. The molecule has 2 aromatic rings. The number of pyridine rings is 2. The van der Waals surface area contributed by atoms with E-state index in [1.54, 1.807) is 43.7 Å². The molecule has 1 amide bonds. The SMILES string of the molecule is C=C/C(=C\C)N1C(=C)c2nc(-c3cnc(OC)c(OC)c3)ccc2C1=O. The van der Waals surface area contributed by atoms with Gasteiger partial charge in [0, 0.05) is 17.5 Å². The van der Waals surface area contributed by atoms with Crippen molar-refractivity contribution >= 4 is 11.6 Å². The van der Waals surface area contributed by atoms with Crippen molar-refractivity contribution in [3.8, 4) is 22.9 Å². The predicted octanol–water partition coefficient (Wildman–Crippen LogP) is 3.68. The zero-order valence-corrected chi connectivity index (χ0v) is 14.9. The van der Waals surface area contributed by atoms with Gasteiger partial charge < -0.3 is 9.47 Å². The highest BCUT2D eigenvalue weighted by atomic mass is 16.5. The quantitative estimate of drug-likeness (QED) is 0.771. The minimum absolute atomic E-state index is 0.164. The van der Waals surface area contributed by atoms with E-state index >= 15 is 0 Å². The van der Waals surface area contributed by atoms with E-state index in [1.165, 1.54) is 12.0 Å². The molecule has 0 N–H and O–H groups in total. The van der Waals surface area contributed by atoms with Crippen molar-refractivity contribution in [2.24, 2.45) is 0 Å². The van der Waals surface area contributed by atoms with Crippen LogP contribution in [0.4, 0.5) is 0 Å². The minimum atomic E-state index is -0.164. The molecule has 0 saturated heterocycles. The van der Waals surface area contributed by atoms with Crippen molar-refractivity contribution in [3.05, 3.63) is 66.7 Å². The van der Waals surface area contributed by atoms with Gasteiger partial charge in [-0.3, -0.25) is 9.69 Å². The molecule has 0 atom stereocenters. The van der Waals surface area contributed by atoms with Crippen LogP contribution in [0.1, 0.15) is 23.0 Å². The van der Waals surface area contributed by atoms with Crippen LogP contribution in [0.25, 0.3) is 17.0 Å². The van der Waals surface area contributed by atoms with Gasteiger partial charge >= 0.3 is 0 Å². The molecule has 3 rings (SSSR count). The van der Waals surface area contributed by atoms with Gasteiger partial charge in [0.1, 0.15) is 5.69 Å². The van der Waals surface area contributed by atoms with E-state index in [-0.39, 0.29) is 5.91 Å². The second kappa shape index (κ2) is 6.84. The number of nitrogens with zero attached hydrogens (tertiary/aromatic N) is 3. The zero-order valence-electron chi connectivity index (χ0n) is 14.9. The average Bonchev–Trinajstić information content (AvgIpc) is 2.93. The van der Waals surface area contributed by atoms with Gasteiger partial charge in [0.05, 0.1) is 31.2 Å². The Hall–Kier alpha value is -3.41. The molecule has 0 fully saturated rings. The van der Waals surface area contributed by atoms with Crippen LogP contribution in [0, 0.1) is 0 Å². The van der Waals surface area contributed by atoms with E-state index in [0.29, 0.717) is 40.0 Å². The number of fused-ring (bicyclic) bond motifs is 1. The standard InChI is InChI=1S/C20H19N3O3/c1-6-14(7-2)23-12(3)18-15(20(23)24)8-9-16(22-18)13-10-17(25-4)19(26-5)21-11-13/h6-11H,1,3H2,2,4-5H3/b14-7+. The molecule has 26 heavy (non-hydrogen) atoms. The van der Waals surface area contributed by atoms with Gasteiger partial charge in [-0.2, -0.15) is 0 Å². The van der Waals surface area contributed by atoms with Crippen LogP contribution in [0.5, 0.6) is 11.6 Å². The van der Waals surface area contributed by atoms with Gasteiger partial charge in [0.2, 0.25) is 0 Å². The number of methoxy groups -OCH3 is 2. The molecule has 0 aromatic carbocycles. The van der Waals surface area contributed by atoms with Gasteiger partial charge in [0.15, 0.2) is 5.75 Å². The third-order valence-electron chi connectivity index (χ3n) is 4.16. The van der Waals surface area contributed by atoms with Gasteiger partial charge in [0.25, 0.3) is 11.8 Å². The summed E-state index contributed by atoms with van der Waals surface area (Å²) in [6, 6.07) is 5.32. The van der Waals surface area contributed by atoms with Crippen molar-refractivity contribution in [1.82, 2.24) is 14.9 Å². The van der Waals surface area contributed by atoms with E-state index < -0.39 is 0 Å². The normalized spacial score (nSPS) is 13.7. The number of hydrogen-bond acceptors (Lipinski definition) is 5. The zero-order chi connectivity index (χ0) is 18.8. The largest absolute Gasteiger partial charge is 0.491 e. The molecule has 0 unspecified atom stereocenters. The fourth-order valence-electron chi connectivity index (χ4n) is 2.84.